The van der Waals surface area contributed by atoms with Gasteiger partial charge in [0.2, 0.25) is 0 Å². The van der Waals surface area contributed by atoms with E-state index in [1.807, 2.05) is 13.0 Å². The van der Waals surface area contributed by atoms with Crippen molar-refractivity contribution in [2.24, 2.45) is 5.73 Å². The molecule has 0 bridgehead atoms. The molecule has 1 aromatic rings. The molecule has 2 saturated heterocycles. The van der Waals surface area contributed by atoms with Gasteiger partial charge >= 0.3 is 0 Å². The van der Waals surface area contributed by atoms with Crippen molar-refractivity contribution < 1.29 is 4.39 Å². The van der Waals surface area contributed by atoms with Gasteiger partial charge in [0, 0.05) is 37.8 Å². The number of rotatable bonds is 3. The third-order valence-electron chi connectivity index (χ3n) is 5.21. The van der Waals surface area contributed by atoms with Crippen molar-refractivity contribution in [1.82, 2.24) is 9.80 Å². The summed E-state index contributed by atoms with van der Waals surface area (Å²) >= 11 is 0. The maximum absolute atomic E-state index is 13.7. The van der Waals surface area contributed by atoms with Crippen molar-refractivity contribution in [1.29, 1.82) is 0 Å². The highest BCUT2D eigenvalue weighted by molar-refractivity contribution is 5.30. The molecule has 3 atom stereocenters. The molecule has 2 heterocycles. The highest BCUT2D eigenvalue weighted by atomic mass is 19.1. The van der Waals surface area contributed by atoms with Crippen LogP contribution < -0.4 is 5.73 Å². The second-order valence-electron chi connectivity index (χ2n) is 6.59. The number of nitrogens with two attached hydrogens (primary N) is 1. The average Bonchev–Trinajstić information content (AvgIpc) is 2.90. The van der Waals surface area contributed by atoms with E-state index in [1.165, 1.54) is 25.5 Å². The lowest BCUT2D eigenvalue weighted by Gasteiger charge is -2.46. The first-order chi connectivity index (χ1) is 10.1. The molecule has 116 valence electrons. The van der Waals surface area contributed by atoms with Crippen LogP contribution in [-0.4, -0.2) is 48.1 Å². The van der Waals surface area contributed by atoms with Gasteiger partial charge in [-0.25, -0.2) is 4.39 Å². The first-order valence-corrected chi connectivity index (χ1v) is 8.06. The molecule has 2 aliphatic heterocycles. The largest absolute Gasteiger partial charge is 0.329 e. The molecule has 0 aromatic heterocycles. The van der Waals surface area contributed by atoms with E-state index in [2.05, 4.69) is 16.7 Å². The Morgan fingerprint density at radius 3 is 2.95 bits per heavy atom. The lowest BCUT2D eigenvalue weighted by Crippen LogP contribution is -2.56. The molecule has 2 fully saturated rings. The van der Waals surface area contributed by atoms with Crippen molar-refractivity contribution in [2.75, 3.05) is 26.2 Å². The Morgan fingerprint density at radius 2 is 2.19 bits per heavy atom. The number of nitrogens with zero attached hydrogens (tertiary/aromatic N) is 2. The minimum atomic E-state index is -0.166. The molecule has 21 heavy (non-hydrogen) atoms. The summed E-state index contributed by atoms with van der Waals surface area (Å²) in [6, 6.07) is 6.31. The Morgan fingerprint density at radius 1 is 1.38 bits per heavy atom. The van der Waals surface area contributed by atoms with Gasteiger partial charge in [0.1, 0.15) is 5.82 Å². The maximum Gasteiger partial charge on any atom is 0.123 e. The predicted octanol–water partition coefficient (Wildman–Crippen LogP) is 2.30. The Balaban J connectivity index is 1.86. The molecule has 0 radical (unpaired) electrons. The van der Waals surface area contributed by atoms with Crippen molar-refractivity contribution >= 4 is 0 Å². The first kappa shape index (κ1) is 14.9. The maximum atomic E-state index is 13.7. The van der Waals surface area contributed by atoms with E-state index in [-0.39, 0.29) is 11.9 Å². The Hall–Kier alpha value is -0.970. The van der Waals surface area contributed by atoms with Gasteiger partial charge in [-0.05, 0) is 56.5 Å². The van der Waals surface area contributed by atoms with Crippen LogP contribution in [0.3, 0.4) is 0 Å². The molecule has 0 amide bonds. The third kappa shape index (κ3) is 2.85. The summed E-state index contributed by atoms with van der Waals surface area (Å²) in [5.74, 6) is -0.166. The number of aryl methyl sites for hydroxylation is 1. The summed E-state index contributed by atoms with van der Waals surface area (Å²) in [5, 5.41) is 0. The summed E-state index contributed by atoms with van der Waals surface area (Å²) in [7, 11) is 0. The zero-order valence-electron chi connectivity index (χ0n) is 13.1. The molecule has 4 heteroatoms. The number of hydrogen-bond donors (Lipinski definition) is 1. The van der Waals surface area contributed by atoms with Gasteiger partial charge in [-0.1, -0.05) is 6.07 Å². The van der Waals surface area contributed by atoms with Crippen LogP contribution in [0.4, 0.5) is 4.39 Å². The van der Waals surface area contributed by atoms with Gasteiger partial charge in [0.25, 0.3) is 0 Å². The third-order valence-corrected chi connectivity index (χ3v) is 5.21. The SMILES string of the molecule is Cc1ccc(F)cc1C(CN)N1CC2CCCN2CC1C. The highest BCUT2D eigenvalue weighted by Crippen LogP contribution is 2.32. The van der Waals surface area contributed by atoms with Gasteiger partial charge in [-0.3, -0.25) is 9.80 Å². The minimum Gasteiger partial charge on any atom is -0.329 e. The molecule has 3 rings (SSSR count). The van der Waals surface area contributed by atoms with Crippen LogP contribution in [0.5, 0.6) is 0 Å². The molecular weight excluding hydrogens is 265 g/mol. The number of piperazine rings is 1. The van der Waals surface area contributed by atoms with Gasteiger partial charge < -0.3 is 5.73 Å². The summed E-state index contributed by atoms with van der Waals surface area (Å²) < 4.78 is 13.7. The number of benzene rings is 1. The van der Waals surface area contributed by atoms with E-state index in [0.29, 0.717) is 18.6 Å². The van der Waals surface area contributed by atoms with Gasteiger partial charge in [-0.15, -0.1) is 0 Å². The second kappa shape index (κ2) is 6.03. The quantitative estimate of drug-likeness (QED) is 0.927. The first-order valence-electron chi connectivity index (χ1n) is 8.06. The summed E-state index contributed by atoms with van der Waals surface area (Å²) in [6.07, 6.45) is 2.58. The van der Waals surface area contributed by atoms with Crippen LogP contribution in [0.2, 0.25) is 0 Å². The molecule has 2 N–H and O–H groups in total. The van der Waals surface area contributed by atoms with Crippen molar-refractivity contribution in [3.05, 3.63) is 35.1 Å². The fraction of sp³-hybridized carbons (Fsp3) is 0.647. The smallest absolute Gasteiger partial charge is 0.123 e. The molecule has 3 unspecified atom stereocenters. The van der Waals surface area contributed by atoms with Crippen LogP contribution in [-0.2, 0) is 0 Å². The van der Waals surface area contributed by atoms with E-state index in [1.54, 1.807) is 6.07 Å². The van der Waals surface area contributed by atoms with Crippen LogP contribution in [0.25, 0.3) is 0 Å². The Bertz CT molecular complexity index is 505. The fourth-order valence-corrected chi connectivity index (χ4v) is 4.06. The highest BCUT2D eigenvalue weighted by Gasteiger charge is 2.37. The van der Waals surface area contributed by atoms with Crippen LogP contribution in [0, 0.1) is 12.7 Å². The van der Waals surface area contributed by atoms with E-state index >= 15 is 0 Å². The van der Waals surface area contributed by atoms with Gasteiger partial charge in [0.15, 0.2) is 0 Å². The number of hydrogen-bond acceptors (Lipinski definition) is 3. The topological polar surface area (TPSA) is 32.5 Å². The van der Waals surface area contributed by atoms with E-state index in [0.717, 1.165) is 24.2 Å². The summed E-state index contributed by atoms with van der Waals surface area (Å²) in [5.41, 5.74) is 8.26. The predicted molar refractivity (Wildman–Crippen MR) is 83.7 cm³/mol. The van der Waals surface area contributed by atoms with Gasteiger partial charge in [0.05, 0.1) is 0 Å². The molecule has 0 saturated carbocycles. The van der Waals surface area contributed by atoms with Gasteiger partial charge in [-0.2, -0.15) is 0 Å². The Kier molecular flexibility index (Phi) is 4.29. The van der Waals surface area contributed by atoms with Crippen LogP contribution in [0.1, 0.15) is 36.9 Å². The van der Waals surface area contributed by atoms with Crippen molar-refractivity contribution in [2.45, 2.75) is 44.8 Å². The number of halogens is 1. The van der Waals surface area contributed by atoms with E-state index in [4.69, 9.17) is 5.73 Å². The van der Waals surface area contributed by atoms with E-state index in [9.17, 15) is 4.39 Å². The van der Waals surface area contributed by atoms with E-state index < -0.39 is 0 Å². The molecular formula is C17H26FN3. The lowest BCUT2D eigenvalue weighted by molar-refractivity contribution is 0.0294. The second-order valence-corrected chi connectivity index (χ2v) is 6.59. The molecule has 1 aromatic carbocycles. The monoisotopic (exact) mass is 291 g/mol. The number of fused-ring (bicyclic) bond motifs is 1. The molecule has 2 aliphatic rings. The van der Waals surface area contributed by atoms with Crippen LogP contribution >= 0.6 is 0 Å². The van der Waals surface area contributed by atoms with Crippen molar-refractivity contribution in [3.63, 3.8) is 0 Å². The zero-order valence-corrected chi connectivity index (χ0v) is 13.1. The van der Waals surface area contributed by atoms with Crippen LogP contribution in [0.15, 0.2) is 18.2 Å². The molecule has 0 spiro atoms. The Labute approximate surface area is 126 Å². The summed E-state index contributed by atoms with van der Waals surface area (Å²) in [6.45, 7) is 8.25. The molecule has 0 aliphatic carbocycles. The average molecular weight is 291 g/mol. The normalized spacial score (nSPS) is 28.6. The van der Waals surface area contributed by atoms with Crippen molar-refractivity contribution in [3.8, 4) is 0 Å². The standard InChI is InChI=1S/C17H26FN3/c1-12-5-6-14(18)8-16(12)17(9-19)21-11-15-4-3-7-20(15)10-13(21)2/h5-6,8,13,15,17H,3-4,7,9-11,19H2,1-2H3. The fourth-order valence-electron chi connectivity index (χ4n) is 4.06. The summed E-state index contributed by atoms with van der Waals surface area (Å²) in [4.78, 5) is 5.10. The molecule has 3 nitrogen and oxygen atoms in total. The zero-order chi connectivity index (χ0) is 15.0. The minimum absolute atomic E-state index is 0.124. The lowest BCUT2D eigenvalue weighted by atomic mass is 9.96.